The van der Waals surface area contributed by atoms with Gasteiger partial charge >= 0.3 is 0 Å². The SMILES string of the molecule is CCNC(=NCc1ccc(C(=O)NC(C)CC)cc1)N1CCOC(C2CCCO2)C1. The normalized spacial score (nSPS) is 23.3. The van der Waals surface area contributed by atoms with Crippen LogP contribution >= 0.6 is 0 Å². The summed E-state index contributed by atoms with van der Waals surface area (Å²) in [4.78, 5) is 19.4. The zero-order chi connectivity index (χ0) is 21.3. The molecule has 166 valence electrons. The second-order valence-electron chi connectivity index (χ2n) is 8.06. The van der Waals surface area contributed by atoms with Crippen molar-refractivity contribution >= 4 is 11.9 Å². The van der Waals surface area contributed by atoms with Crippen LogP contribution in [0.3, 0.4) is 0 Å². The highest BCUT2D eigenvalue weighted by atomic mass is 16.5. The molecular weight excluding hydrogens is 380 g/mol. The minimum Gasteiger partial charge on any atom is -0.375 e. The Morgan fingerprint density at radius 3 is 2.63 bits per heavy atom. The number of ether oxygens (including phenoxy) is 2. The lowest BCUT2D eigenvalue weighted by molar-refractivity contribution is -0.0817. The van der Waals surface area contributed by atoms with Crippen LogP contribution in [0.25, 0.3) is 0 Å². The Kier molecular flexibility index (Phi) is 8.51. The minimum absolute atomic E-state index is 0.0266. The summed E-state index contributed by atoms with van der Waals surface area (Å²) in [5, 5.41) is 6.40. The molecule has 0 spiro atoms. The average Bonchev–Trinajstić information content (AvgIpc) is 3.32. The van der Waals surface area contributed by atoms with Gasteiger partial charge in [0.15, 0.2) is 5.96 Å². The van der Waals surface area contributed by atoms with Gasteiger partial charge in [0.1, 0.15) is 6.10 Å². The van der Waals surface area contributed by atoms with E-state index in [1.165, 1.54) is 0 Å². The number of guanidine groups is 1. The molecule has 0 aromatic heterocycles. The number of morpholine rings is 1. The molecule has 30 heavy (non-hydrogen) atoms. The standard InChI is InChI=1S/C23H36N4O3/c1-4-17(3)26-22(28)19-10-8-18(9-11-19)15-25-23(24-5-2)27-12-14-30-21(16-27)20-7-6-13-29-20/h8-11,17,20-21H,4-7,12-16H2,1-3H3,(H,24,25)(H,26,28). The number of carbonyl (C=O) groups is 1. The summed E-state index contributed by atoms with van der Waals surface area (Å²) in [7, 11) is 0. The first kappa shape index (κ1) is 22.6. The molecule has 1 aromatic rings. The maximum atomic E-state index is 12.2. The van der Waals surface area contributed by atoms with Gasteiger partial charge in [-0.2, -0.15) is 0 Å². The zero-order valence-corrected chi connectivity index (χ0v) is 18.5. The highest BCUT2D eigenvalue weighted by Gasteiger charge is 2.32. The molecule has 1 aromatic carbocycles. The van der Waals surface area contributed by atoms with Gasteiger partial charge in [0, 0.05) is 37.8 Å². The van der Waals surface area contributed by atoms with Crippen molar-refractivity contribution in [2.45, 2.75) is 64.8 Å². The van der Waals surface area contributed by atoms with Crippen molar-refractivity contribution in [3.8, 4) is 0 Å². The topological polar surface area (TPSA) is 75.2 Å². The van der Waals surface area contributed by atoms with E-state index in [1.54, 1.807) is 0 Å². The van der Waals surface area contributed by atoms with E-state index in [0.29, 0.717) is 18.7 Å². The Morgan fingerprint density at radius 2 is 1.97 bits per heavy atom. The van der Waals surface area contributed by atoms with Gasteiger partial charge < -0.3 is 25.0 Å². The van der Waals surface area contributed by atoms with Gasteiger partial charge in [-0.15, -0.1) is 0 Å². The quantitative estimate of drug-likeness (QED) is 0.528. The van der Waals surface area contributed by atoms with Crippen molar-refractivity contribution in [2.75, 3.05) is 32.8 Å². The van der Waals surface area contributed by atoms with Crippen LogP contribution in [0, 0.1) is 0 Å². The van der Waals surface area contributed by atoms with Gasteiger partial charge in [-0.05, 0) is 50.8 Å². The molecule has 1 amide bonds. The number of aliphatic imine (C=N–C) groups is 1. The Balaban J connectivity index is 1.60. The summed E-state index contributed by atoms with van der Waals surface area (Å²) < 4.78 is 11.8. The first-order valence-corrected chi connectivity index (χ1v) is 11.3. The molecule has 3 atom stereocenters. The monoisotopic (exact) mass is 416 g/mol. The molecule has 2 aliphatic heterocycles. The third-order valence-corrected chi connectivity index (χ3v) is 5.72. The van der Waals surface area contributed by atoms with E-state index >= 15 is 0 Å². The summed E-state index contributed by atoms with van der Waals surface area (Å²) in [6, 6.07) is 7.88. The lowest BCUT2D eigenvalue weighted by atomic mass is 10.1. The smallest absolute Gasteiger partial charge is 0.251 e. The number of rotatable bonds is 7. The Bertz CT molecular complexity index is 701. The van der Waals surface area contributed by atoms with E-state index in [9.17, 15) is 4.79 Å². The second-order valence-corrected chi connectivity index (χ2v) is 8.06. The minimum atomic E-state index is -0.0266. The number of hydrogen-bond donors (Lipinski definition) is 2. The summed E-state index contributed by atoms with van der Waals surface area (Å²) in [6.45, 7) is 10.7. The summed E-state index contributed by atoms with van der Waals surface area (Å²) in [6.07, 6.45) is 3.41. The molecule has 0 radical (unpaired) electrons. The molecule has 2 aliphatic rings. The molecule has 0 saturated carbocycles. The van der Waals surface area contributed by atoms with E-state index in [2.05, 4.69) is 29.4 Å². The third kappa shape index (κ3) is 6.19. The van der Waals surface area contributed by atoms with Gasteiger partial charge in [-0.1, -0.05) is 19.1 Å². The predicted molar refractivity (Wildman–Crippen MR) is 119 cm³/mol. The van der Waals surface area contributed by atoms with Crippen LogP contribution in [0.4, 0.5) is 0 Å². The van der Waals surface area contributed by atoms with Crippen molar-refractivity contribution in [1.29, 1.82) is 0 Å². The van der Waals surface area contributed by atoms with E-state index < -0.39 is 0 Å². The first-order valence-electron chi connectivity index (χ1n) is 11.3. The first-order chi connectivity index (χ1) is 14.6. The van der Waals surface area contributed by atoms with Crippen molar-refractivity contribution in [3.63, 3.8) is 0 Å². The van der Waals surface area contributed by atoms with Crippen molar-refractivity contribution in [1.82, 2.24) is 15.5 Å². The highest BCUT2D eigenvalue weighted by Crippen LogP contribution is 2.21. The molecule has 3 unspecified atom stereocenters. The molecule has 0 bridgehead atoms. The van der Waals surface area contributed by atoms with E-state index in [-0.39, 0.29) is 24.2 Å². The molecular formula is C23H36N4O3. The molecule has 2 heterocycles. The number of nitrogens with one attached hydrogen (secondary N) is 2. The fourth-order valence-electron chi connectivity index (χ4n) is 3.75. The van der Waals surface area contributed by atoms with Crippen LogP contribution in [0.5, 0.6) is 0 Å². The lowest BCUT2D eigenvalue weighted by Crippen LogP contribution is -2.53. The van der Waals surface area contributed by atoms with Gasteiger partial charge in [0.2, 0.25) is 0 Å². The third-order valence-electron chi connectivity index (χ3n) is 5.72. The average molecular weight is 417 g/mol. The number of carbonyl (C=O) groups excluding carboxylic acids is 1. The number of benzene rings is 1. The van der Waals surface area contributed by atoms with Gasteiger partial charge in [-0.3, -0.25) is 4.79 Å². The number of hydrogen-bond acceptors (Lipinski definition) is 4. The maximum Gasteiger partial charge on any atom is 0.251 e. The van der Waals surface area contributed by atoms with Gasteiger partial charge in [-0.25, -0.2) is 4.99 Å². The van der Waals surface area contributed by atoms with E-state index in [4.69, 9.17) is 14.5 Å². The summed E-state index contributed by atoms with van der Waals surface area (Å²) in [5.74, 6) is 0.878. The fourth-order valence-corrected chi connectivity index (χ4v) is 3.75. The van der Waals surface area contributed by atoms with Crippen LogP contribution in [-0.2, 0) is 16.0 Å². The molecule has 2 N–H and O–H groups in total. The van der Waals surface area contributed by atoms with Crippen LogP contribution in [-0.4, -0.2) is 67.9 Å². The number of nitrogens with zero attached hydrogens (tertiary/aromatic N) is 2. The van der Waals surface area contributed by atoms with Crippen molar-refractivity contribution < 1.29 is 14.3 Å². The van der Waals surface area contributed by atoms with Crippen LogP contribution < -0.4 is 10.6 Å². The zero-order valence-electron chi connectivity index (χ0n) is 18.5. The molecule has 2 fully saturated rings. The van der Waals surface area contributed by atoms with Gasteiger partial charge in [0.05, 0.1) is 19.3 Å². The molecule has 0 aliphatic carbocycles. The van der Waals surface area contributed by atoms with E-state index in [0.717, 1.165) is 57.0 Å². The second kappa shape index (κ2) is 11.3. The summed E-state index contributed by atoms with van der Waals surface area (Å²) >= 11 is 0. The van der Waals surface area contributed by atoms with Crippen LogP contribution in [0.1, 0.15) is 56.0 Å². The Hall–Kier alpha value is -2.12. The Labute approximate surface area is 180 Å². The van der Waals surface area contributed by atoms with Crippen molar-refractivity contribution in [2.24, 2.45) is 4.99 Å². The molecule has 7 nitrogen and oxygen atoms in total. The molecule has 2 saturated heterocycles. The molecule has 7 heteroatoms. The highest BCUT2D eigenvalue weighted by molar-refractivity contribution is 5.94. The number of amides is 1. The van der Waals surface area contributed by atoms with Crippen LogP contribution in [0.15, 0.2) is 29.3 Å². The Morgan fingerprint density at radius 1 is 1.20 bits per heavy atom. The summed E-state index contributed by atoms with van der Waals surface area (Å²) in [5.41, 5.74) is 1.76. The van der Waals surface area contributed by atoms with Crippen LogP contribution in [0.2, 0.25) is 0 Å². The van der Waals surface area contributed by atoms with Gasteiger partial charge in [0.25, 0.3) is 5.91 Å². The molecule has 3 rings (SSSR count). The maximum absolute atomic E-state index is 12.2. The lowest BCUT2D eigenvalue weighted by Gasteiger charge is -2.37. The van der Waals surface area contributed by atoms with Crippen molar-refractivity contribution in [3.05, 3.63) is 35.4 Å². The largest absolute Gasteiger partial charge is 0.375 e. The predicted octanol–water partition coefficient (Wildman–Crippen LogP) is 2.56. The fraction of sp³-hybridized carbons (Fsp3) is 0.652. The van der Waals surface area contributed by atoms with E-state index in [1.807, 2.05) is 31.2 Å².